The zero-order chi connectivity index (χ0) is 13.6. The van der Waals surface area contributed by atoms with Crippen molar-refractivity contribution < 1.29 is 19.4 Å². The SMILES string of the molecule is CC1CCN(C(=O)[C@@H]2[C@@H](C(=O)O)[C@H]3C=C[C@@H]2O3)CC1. The Morgan fingerprint density at radius 3 is 2.32 bits per heavy atom. The van der Waals surface area contributed by atoms with Gasteiger partial charge in [-0.05, 0) is 18.8 Å². The van der Waals surface area contributed by atoms with Gasteiger partial charge in [0.1, 0.15) is 5.92 Å². The molecule has 4 atom stereocenters. The Bertz CT molecular complexity index is 425. The molecule has 5 heteroatoms. The van der Waals surface area contributed by atoms with Crippen LogP contribution in [0.5, 0.6) is 0 Å². The number of carbonyl (C=O) groups is 2. The first-order valence-electron chi connectivity index (χ1n) is 6.93. The van der Waals surface area contributed by atoms with Gasteiger partial charge < -0.3 is 14.7 Å². The van der Waals surface area contributed by atoms with E-state index in [1.807, 2.05) is 11.0 Å². The summed E-state index contributed by atoms with van der Waals surface area (Å²) in [4.78, 5) is 25.7. The van der Waals surface area contributed by atoms with Gasteiger partial charge in [0, 0.05) is 13.1 Å². The largest absolute Gasteiger partial charge is 0.481 e. The van der Waals surface area contributed by atoms with E-state index in [2.05, 4.69) is 6.92 Å². The third-order valence-electron chi connectivity index (χ3n) is 4.57. The minimum Gasteiger partial charge on any atom is -0.481 e. The number of carboxylic acid groups (broad SMARTS) is 1. The second-order valence-corrected chi connectivity index (χ2v) is 5.85. The molecule has 0 unspecified atom stereocenters. The highest BCUT2D eigenvalue weighted by atomic mass is 16.5. The second-order valence-electron chi connectivity index (χ2n) is 5.85. The van der Waals surface area contributed by atoms with Gasteiger partial charge in [-0.25, -0.2) is 0 Å². The van der Waals surface area contributed by atoms with Crippen LogP contribution in [0.2, 0.25) is 0 Å². The van der Waals surface area contributed by atoms with E-state index in [1.54, 1.807) is 6.08 Å². The summed E-state index contributed by atoms with van der Waals surface area (Å²) in [6.07, 6.45) is 4.82. The molecule has 0 aliphatic carbocycles. The van der Waals surface area contributed by atoms with Crippen LogP contribution >= 0.6 is 0 Å². The third kappa shape index (κ3) is 2.06. The summed E-state index contributed by atoms with van der Waals surface area (Å²) in [5.41, 5.74) is 0. The smallest absolute Gasteiger partial charge is 0.310 e. The van der Waals surface area contributed by atoms with Crippen molar-refractivity contribution in [3.63, 3.8) is 0 Å². The normalized spacial score (nSPS) is 37.8. The van der Waals surface area contributed by atoms with Gasteiger partial charge in [-0.1, -0.05) is 19.1 Å². The van der Waals surface area contributed by atoms with Crippen molar-refractivity contribution in [2.24, 2.45) is 17.8 Å². The molecule has 3 rings (SSSR count). The molecule has 104 valence electrons. The Kier molecular flexibility index (Phi) is 3.09. The molecule has 3 aliphatic heterocycles. The first-order chi connectivity index (χ1) is 9.08. The molecule has 1 N–H and O–H groups in total. The van der Waals surface area contributed by atoms with Crippen LogP contribution in [0.15, 0.2) is 12.2 Å². The fraction of sp³-hybridized carbons (Fsp3) is 0.714. The average molecular weight is 265 g/mol. The summed E-state index contributed by atoms with van der Waals surface area (Å²) < 4.78 is 5.55. The quantitative estimate of drug-likeness (QED) is 0.753. The number of nitrogens with zero attached hydrogens (tertiary/aromatic N) is 1. The summed E-state index contributed by atoms with van der Waals surface area (Å²) in [6.45, 7) is 3.67. The Balaban J connectivity index is 1.75. The highest BCUT2D eigenvalue weighted by Gasteiger charge is 2.54. The van der Waals surface area contributed by atoms with Gasteiger partial charge in [-0.15, -0.1) is 0 Å². The standard InChI is InChI=1S/C14H19NO4/c1-8-4-6-15(7-5-8)13(16)11-9-2-3-10(19-9)12(11)14(17)18/h2-3,8-12H,4-7H2,1H3,(H,17,18)/t9-,10+,11-,12-/m0/s1. The average Bonchev–Trinajstić information content (AvgIpc) is 2.98. The van der Waals surface area contributed by atoms with Crippen LogP contribution in [0, 0.1) is 17.8 Å². The van der Waals surface area contributed by atoms with E-state index in [0.29, 0.717) is 5.92 Å². The number of likely N-dealkylation sites (tertiary alicyclic amines) is 1. The zero-order valence-electron chi connectivity index (χ0n) is 11.0. The van der Waals surface area contributed by atoms with Crippen molar-refractivity contribution in [3.8, 4) is 0 Å². The van der Waals surface area contributed by atoms with Gasteiger partial charge in [0.05, 0.1) is 18.1 Å². The molecule has 0 spiro atoms. The molecule has 3 aliphatic rings. The van der Waals surface area contributed by atoms with E-state index < -0.39 is 23.9 Å². The van der Waals surface area contributed by atoms with Gasteiger partial charge in [0.15, 0.2) is 0 Å². The molecule has 3 heterocycles. The van der Waals surface area contributed by atoms with Gasteiger partial charge in [0.2, 0.25) is 5.91 Å². The maximum absolute atomic E-state index is 12.6. The predicted molar refractivity (Wildman–Crippen MR) is 67.4 cm³/mol. The molecule has 19 heavy (non-hydrogen) atoms. The van der Waals surface area contributed by atoms with Gasteiger partial charge in [-0.3, -0.25) is 9.59 Å². The lowest BCUT2D eigenvalue weighted by Gasteiger charge is -2.34. The van der Waals surface area contributed by atoms with E-state index in [1.165, 1.54) is 0 Å². The lowest BCUT2D eigenvalue weighted by Crippen LogP contribution is -2.47. The second kappa shape index (κ2) is 4.63. The molecule has 0 aromatic heterocycles. The maximum atomic E-state index is 12.6. The van der Waals surface area contributed by atoms with Crippen LogP contribution in [-0.2, 0) is 14.3 Å². The first kappa shape index (κ1) is 12.7. The molecule has 0 saturated carbocycles. The molecule has 2 saturated heterocycles. The number of rotatable bonds is 2. The molecular weight excluding hydrogens is 246 g/mol. The Morgan fingerprint density at radius 1 is 1.16 bits per heavy atom. The summed E-state index contributed by atoms with van der Waals surface area (Å²) in [7, 11) is 0. The number of aliphatic carboxylic acids is 1. The number of piperidine rings is 1. The molecule has 2 bridgehead atoms. The van der Waals surface area contributed by atoms with E-state index in [-0.39, 0.29) is 12.0 Å². The summed E-state index contributed by atoms with van der Waals surface area (Å²) in [5, 5.41) is 9.31. The number of ether oxygens (including phenoxy) is 1. The Hall–Kier alpha value is -1.36. The number of hydrogen-bond donors (Lipinski definition) is 1. The van der Waals surface area contributed by atoms with E-state index in [4.69, 9.17) is 4.74 Å². The maximum Gasteiger partial charge on any atom is 0.310 e. The van der Waals surface area contributed by atoms with E-state index in [0.717, 1.165) is 25.9 Å². The van der Waals surface area contributed by atoms with Crippen molar-refractivity contribution >= 4 is 11.9 Å². The predicted octanol–water partition coefficient (Wildman–Crippen LogP) is 0.899. The van der Waals surface area contributed by atoms with Crippen molar-refractivity contribution in [3.05, 3.63) is 12.2 Å². The monoisotopic (exact) mass is 265 g/mol. The van der Waals surface area contributed by atoms with Crippen molar-refractivity contribution in [2.75, 3.05) is 13.1 Å². The molecule has 0 aromatic carbocycles. The molecule has 1 amide bonds. The van der Waals surface area contributed by atoms with Crippen LogP contribution in [0.4, 0.5) is 0 Å². The van der Waals surface area contributed by atoms with Crippen LogP contribution in [-0.4, -0.2) is 47.2 Å². The van der Waals surface area contributed by atoms with E-state index >= 15 is 0 Å². The summed E-state index contributed by atoms with van der Waals surface area (Å²) >= 11 is 0. The topological polar surface area (TPSA) is 66.8 Å². The van der Waals surface area contributed by atoms with Crippen LogP contribution < -0.4 is 0 Å². The summed E-state index contributed by atoms with van der Waals surface area (Å²) in [6, 6.07) is 0. The van der Waals surface area contributed by atoms with Gasteiger partial charge in [0.25, 0.3) is 0 Å². The number of carbonyl (C=O) groups excluding carboxylic acids is 1. The Labute approximate surface area is 112 Å². The number of amides is 1. The lowest BCUT2D eigenvalue weighted by molar-refractivity contribution is -0.150. The first-order valence-corrected chi connectivity index (χ1v) is 6.93. The Morgan fingerprint density at radius 2 is 1.74 bits per heavy atom. The van der Waals surface area contributed by atoms with E-state index in [9.17, 15) is 14.7 Å². The number of fused-ring (bicyclic) bond motifs is 2. The number of carboxylic acids is 1. The molecule has 2 fully saturated rings. The molecule has 5 nitrogen and oxygen atoms in total. The third-order valence-corrected chi connectivity index (χ3v) is 4.57. The fourth-order valence-corrected chi connectivity index (χ4v) is 3.34. The van der Waals surface area contributed by atoms with Crippen LogP contribution in [0.25, 0.3) is 0 Å². The fourth-order valence-electron chi connectivity index (χ4n) is 3.34. The highest BCUT2D eigenvalue weighted by molar-refractivity contribution is 5.87. The summed E-state index contributed by atoms with van der Waals surface area (Å²) in [5.74, 6) is -1.59. The van der Waals surface area contributed by atoms with Crippen molar-refractivity contribution in [2.45, 2.75) is 32.0 Å². The minimum atomic E-state index is -0.930. The zero-order valence-corrected chi connectivity index (χ0v) is 11.0. The van der Waals surface area contributed by atoms with Crippen molar-refractivity contribution in [1.29, 1.82) is 0 Å². The van der Waals surface area contributed by atoms with Crippen LogP contribution in [0.3, 0.4) is 0 Å². The lowest BCUT2D eigenvalue weighted by atomic mass is 9.81. The van der Waals surface area contributed by atoms with Gasteiger partial charge in [-0.2, -0.15) is 0 Å². The number of hydrogen-bond acceptors (Lipinski definition) is 3. The minimum absolute atomic E-state index is 0.0452. The highest BCUT2D eigenvalue weighted by Crippen LogP contribution is 2.40. The molecular formula is C14H19NO4. The molecule has 0 aromatic rings. The van der Waals surface area contributed by atoms with Crippen molar-refractivity contribution in [1.82, 2.24) is 4.90 Å². The molecule has 0 radical (unpaired) electrons. The van der Waals surface area contributed by atoms with Crippen LogP contribution in [0.1, 0.15) is 19.8 Å². The van der Waals surface area contributed by atoms with Gasteiger partial charge >= 0.3 is 5.97 Å².